The monoisotopic (exact) mass is 384 g/mol. The number of aromatic nitrogens is 2. The van der Waals surface area contributed by atoms with E-state index in [1.54, 1.807) is 0 Å². The number of nitrogens with one attached hydrogen (secondary N) is 1. The van der Waals surface area contributed by atoms with Gasteiger partial charge in [-0.05, 0) is 6.92 Å². The van der Waals surface area contributed by atoms with Gasteiger partial charge in [-0.25, -0.2) is 4.79 Å². The van der Waals surface area contributed by atoms with Crippen LogP contribution in [0.25, 0.3) is 0 Å². The normalized spacial score (nSPS) is 27.0. The molecule has 0 spiro atoms. The zero-order valence-electron chi connectivity index (χ0n) is 15.2. The third-order valence-electron chi connectivity index (χ3n) is 3.91. The van der Waals surface area contributed by atoms with Crippen molar-refractivity contribution in [2.24, 2.45) is 0 Å². The van der Waals surface area contributed by atoms with Gasteiger partial charge in [-0.2, -0.15) is 0 Å². The van der Waals surface area contributed by atoms with Crippen LogP contribution in [0, 0.1) is 0 Å². The van der Waals surface area contributed by atoms with Crippen molar-refractivity contribution in [3.63, 3.8) is 0 Å². The summed E-state index contributed by atoms with van der Waals surface area (Å²) in [5.74, 6) is -2.00. The molecule has 148 valence electrons. The minimum absolute atomic E-state index is 0.307. The molecule has 1 aromatic rings. The SMILES string of the molecule is CC(=O)OC[C@H]1OC(n2ccc(=O)[nH]c2=O)[C@](C)(OC(C)=O)[C@@H]1OC(C)=O. The van der Waals surface area contributed by atoms with E-state index < -0.39 is 53.2 Å². The summed E-state index contributed by atoms with van der Waals surface area (Å²) < 4.78 is 22.3. The van der Waals surface area contributed by atoms with Crippen LogP contribution in [0.2, 0.25) is 0 Å². The average molecular weight is 384 g/mol. The lowest BCUT2D eigenvalue weighted by atomic mass is 9.95. The molecule has 1 aliphatic heterocycles. The van der Waals surface area contributed by atoms with Crippen molar-refractivity contribution in [2.75, 3.05) is 6.61 Å². The molecule has 0 radical (unpaired) electrons. The number of hydrogen-bond acceptors (Lipinski definition) is 9. The van der Waals surface area contributed by atoms with Gasteiger partial charge < -0.3 is 18.9 Å². The van der Waals surface area contributed by atoms with Crippen molar-refractivity contribution in [2.45, 2.75) is 51.7 Å². The maximum absolute atomic E-state index is 12.2. The first-order chi connectivity index (χ1) is 12.5. The average Bonchev–Trinajstić information content (AvgIpc) is 2.77. The molecule has 2 heterocycles. The molecule has 27 heavy (non-hydrogen) atoms. The fourth-order valence-corrected chi connectivity index (χ4v) is 2.95. The zero-order valence-corrected chi connectivity index (χ0v) is 15.2. The van der Waals surface area contributed by atoms with Gasteiger partial charge in [0.1, 0.15) is 12.7 Å². The molecular weight excluding hydrogens is 364 g/mol. The fraction of sp³-hybridized carbons (Fsp3) is 0.562. The van der Waals surface area contributed by atoms with Crippen LogP contribution in [0.5, 0.6) is 0 Å². The molecule has 1 saturated heterocycles. The standard InChI is InChI=1S/C16H20N2O9/c1-8(19)24-7-11-13(25-9(2)20)16(4,27-10(3)21)14(26-11)18-6-5-12(22)17-15(18)23/h5-6,11,13-14H,7H2,1-4H3,(H,17,22,23)/t11-,13-,14?,16-/m1/s1. The molecule has 0 aliphatic carbocycles. The smallest absolute Gasteiger partial charge is 0.330 e. The van der Waals surface area contributed by atoms with E-state index in [0.717, 1.165) is 30.7 Å². The third-order valence-corrected chi connectivity index (χ3v) is 3.91. The lowest BCUT2D eigenvalue weighted by molar-refractivity contribution is -0.185. The van der Waals surface area contributed by atoms with Gasteiger partial charge in [0.15, 0.2) is 17.9 Å². The van der Waals surface area contributed by atoms with Crippen LogP contribution in [-0.4, -0.2) is 51.9 Å². The summed E-state index contributed by atoms with van der Waals surface area (Å²) in [6.07, 6.45) is -2.30. The Balaban J connectivity index is 2.53. The van der Waals surface area contributed by atoms with Gasteiger partial charge in [0.2, 0.25) is 0 Å². The van der Waals surface area contributed by atoms with Crippen molar-refractivity contribution >= 4 is 17.9 Å². The zero-order chi connectivity index (χ0) is 20.4. The number of ether oxygens (including phenoxy) is 4. The van der Waals surface area contributed by atoms with Crippen LogP contribution in [0.1, 0.15) is 33.9 Å². The molecule has 1 unspecified atom stereocenters. The molecule has 1 N–H and O–H groups in total. The van der Waals surface area contributed by atoms with E-state index in [0.29, 0.717) is 0 Å². The highest BCUT2D eigenvalue weighted by Crippen LogP contribution is 2.42. The summed E-state index contributed by atoms with van der Waals surface area (Å²) in [6.45, 7) is 4.58. The highest BCUT2D eigenvalue weighted by Gasteiger charge is 2.60. The molecule has 1 fully saturated rings. The first kappa shape index (κ1) is 20.4. The van der Waals surface area contributed by atoms with E-state index in [2.05, 4.69) is 4.98 Å². The second-order valence-corrected chi connectivity index (χ2v) is 6.15. The second kappa shape index (κ2) is 7.74. The van der Waals surface area contributed by atoms with E-state index in [1.807, 2.05) is 0 Å². The van der Waals surface area contributed by atoms with E-state index in [4.69, 9.17) is 18.9 Å². The van der Waals surface area contributed by atoms with Gasteiger partial charge in [0, 0.05) is 33.0 Å². The Morgan fingerprint density at radius 3 is 2.37 bits per heavy atom. The van der Waals surface area contributed by atoms with Crippen molar-refractivity contribution in [1.29, 1.82) is 0 Å². The minimum Gasteiger partial charge on any atom is -0.463 e. The summed E-state index contributed by atoms with van der Waals surface area (Å²) in [7, 11) is 0. The number of nitrogens with zero attached hydrogens (tertiary/aromatic N) is 1. The molecule has 11 nitrogen and oxygen atoms in total. The highest BCUT2D eigenvalue weighted by molar-refractivity contribution is 5.68. The van der Waals surface area contributed by atoms with Gasteiger partial charge in [-0.15, -0.1) is 0 Å². The van der Waals surface area contributed by atoms with Crippen molar-refractivity contribution in [3.05, 3.63) is 33.1 Å². The first-order valence-electron chi connectivity index (χ1n) is 8.01. The molecule has 0 aromatic carbocycles. The number of H-pyrrole nitrogens is 1. The largest absolute Gasteiger partial charge is 0.463 e. The van der Waals surface area contributed by atoms with Crippen LogP contribution in [0.15, 0.2) is 21.9 Å². The third kappa shape index (κ3) is 4.42. The molecule has 0 amide bonds. The Kier molecular flexibility index (Phi) is 5.84. The summed E-state index contributed by atoms with van der Waals surface area (Å²) in [6, 6.07) is 1.08. The number of aromatic amines is 1. The van der Waals surface area contributed by atoms with Gasteiger partial charge in [0.05, 0.1) is 0 Å². The van der Waals surface area contributed by atoms with Crippen molar-refractivity contribution in [3.8, 4) is 0 Å². The maximum atomic E-state index is 12.2. The van der Waals surface area contributed by atoms with E-state index in [9.17, 15) is 24.0 Å². The van der Waals surface area contributed by atoms with E-state index in [1.165, 1.54) is 13.8 Å². The van der Waals surface area contributed by atoms with Gasteiger partial charge in [-0.3, -0.25) is 28.7 Å². The second-order valence-electron chi connectivity index (χ2n) is 6.15. The predicted octanol–water partition coefficient (Wildman–Crippen LogP) is -0.749. The molecular formula is C16H20N2O9. The summed E-state index contributed by atoms with van der Waals surface area (Å²) in [5.41, 5.74) is -3.08. The quantitative estimate of drug-likeness (QED) is 0.512. The van der Waals surface area contributed by atoms with E-state index >= 15 is 0 Å². The van der Waals surface area contributed by atoms with Crippen molar-refractivity contribution < 1.29 is 33.3 Å². The lowest BCUT2D eigenvalue weighted by Gasteiger charge is -2.34. The first-order valence-corrected chi connectivity index (χ1v) is 8.01. The molecule has 0 saturated carbocycles. The Morgan fingerprint density at radius 2 is 1.85 bits per heavy atom. The number of hydrogen-bond donors (Lipinski definition) is 1. The van der Waals surface area contributed by atoms with E-state index in [-0.39, 0.29) is 6.61 Å². The molecule has 2 rings (SSSR count). The maximum Gasteiger partial charge on any atom is 0.330 e. The summed E-state index contributed by atoms with van der Waals surface area (Å²) in [4.78, 5) is 60.0. The summed E-state index contributed by atoms with van der Waals surface area (Å²) >= 11 is 0. The molecule has 0 bridgehead atoms. The highest BCUT2D eigenvalue weighted by atomic mass is 16.7. The molecule has 1 aliphatic rings. The van der Waals surface area contributed by atoms with Crippen LogP contribution in [-0.2, 0) is 33.3 Å². The molecule has 11 heteroatoms. The Bertz CT molecular complexity index is 858. The minimum atomic E-state index is -1.63. The van der Waals surface area contributed by atoms with Crippen LogP contribution >= 0.6 is 0 Å². The predicted molar refractivity (Wildman–Crippen MR) is 87.6 cm³/mol. The molecule has 4 atom stereocenters. The number of esters is 3. The Hall–Kier alpha value is -2.95. The topological polar surface area (TPSA) is 143 Å². The number of carbonyl (C=O) groups excluding carboxylic acids is 3. The number of rotatable bonds is 5. The number of carbonyl (C=O) groups is 3. The fourth-order valence-electron chi connectivity index (χ4n) is 2.95. The van der Waals surface area contributed by atoms with Crippen molar-refractivity contribution in [1.82, 2.24) is 9.55 Å². The van der Waals surface area contributed by atoms with Gasteiger partial charge in [-0.1, -0.05) is 0 Å². The Labute approximate surface area is 153 Å². The van der Waals surface area contributed by atoms with Gasteiger partial charge in [0.25, 0.3) is 5.56 Å². The van der Waals surface area contributed by atoms with Crippen LogP contribution < -0.4 is 11.2 Å². The van der Waals surface area contributed by atoms with Crippen LogP contribution in [0.3, 0.4) is 0 Å². The molecule has 1 aromatic heterocycles. The lowest BCUT2D eigenvalue weighted by Crippen LogP contribution is -2.51. The Morgan fingerprint density at radius 1 is 1.19 bits per heavy atom. The van der Waals surface area contributed by atoms with Crippen LogP contribution in [0.4, 0.5) is 0 Å². The van der Waals surface area contributed by atoms with Gasteiger partial charge >= 0.3 is 23.6 Å². The summed E-state index contributed by atoms with van der Waals surface area (Å²) in [5, 5.41) is 0.